The molecule has 0 spiro atoms. The number of carbonyl (C=O) groups is 2. The molecular formula is C26H30N6O2S. The second kappa shape index (κ2) is 10.5. The van der Waals surface area contributed by atoms with Crippen LogP contribution in [-0.2, 0) is 11.3 Å². The quantitative estimate of drug-likeness (QED) is 0.437. The van der Waals surface area contributed by atoms with Crippen LogP contribution in [0.3, 0.4) is 0 Å². The summed E-state index contributed by atoms with van der Waals surface area (Å²) in [5, 5.41) is 15.5. The van der Waals surface area contributed by atoms with Crippen LogP contribution in [0.4, 0.5) is 11.6 Å². The third-order valence-corrected chi connectivity index (χ3v) is 7.24. The first kappa shape index (κ1) is 23.4. The average molecular weight is 491 g/mol. The lowest BCUT2D eigenvalue weighted by Gasteiger charge is -2.18. The molecule has 0 bridgehead atoms. The van der Waals surface area contributed by atoms with Crippen molar-refractivity contribution in [1.82, 2.24) is 20.1 Å². The van der Waals surface area contributed by atoms with Gasteiger partial charge in [0.2, 0.25) is 11.9 Å². The average Bonchev–Trinajstić information content (AvgIpc) is 3.38. The second-order valence-electron chi connectivity index (χ2n) is 9.13. The van der Waals surface area contributed by atoms with Gasteiger partial charge in [0.05, 0.1) is 17.0 Å². The number of nitrogens with zero attached hydrogens (tertiary/aromatic N) is 4. The fourth-order valence-electron chi connectivity index (χ4n) is 4.24. The first-order valence-electron chi connectivity index (χ1n) is 12.1. The number of carbonyl (C=O) groups excluding carboxylic acids is 2. The lowest BCUT2D eigenvalue weighted by molar-refractivity contribution is -0.113. The molecule has 1 aliphatic carbocycles. The lowest BCUT2D eigenvalue weighted by Crippen LogP contribution is -2.25. The van der Waals surface area contributed by atoms with Crippen LogP contribution in [0.2, 0.25) is 0 Å². The highest BCUT2D eigenvalue weighted by Crippen LogP contribution is 2.41. The van der Waals surface area contributed by atoms with E-state index in [1.165, 1.54) is 30.2 Å². The van der Waals surface area contributed by atoms with Gasteiger partial charge in [0.15, 0.2) is 5.16 Å². The summed E-state index contributed by atoms with van der Waals surface area (Å²) in [7, 11) is 0. The molecule has 1 aliphatic heterocycles. The molecule has 5 rings (SSSR count). The maximum absolute atomic E-state index is 12.8. The molecule has 9 heteroatoms. The highest BCUT2D eigenvalue weighted by atomic mass is 32.2. The normalized spacial score (nSPS) is 15.3. The number of aryl methyl sites for hydroxylation is 1. The monoisotopic (exact) mass is 490 g/mol. The van der Waals surface area contributed by atoms with Crippen molar-refractivity contribution in [2.24, 2.45) is 0 Å². The molecule has 2 aliphatic rings. The summed E-state index contributed by atoms with van der Waals surface area (Å²) in [5.74, 6) is 0.729. The van der Waals surface area contributed by atoms with Crippen molar-refractivity contribution in [2.45, 2.75) is 50.4 Å². The summed E-state index contributed by atoms with van der Waals surface area (Å²) in [5.41, 5.74) is 3.14. The zero-order chi connectivity index (χ0) is 24.2. The van der Waals surface area contributed by atoms with Crippen molar-refractivity contribution in [3.05, 3.63) is 65.2 Å². The predicted molar refractivity (Wildman–Crippen MR) is 138 cm³/mol. The molecule has 2 N–H and O–H groups in total. The molecule has 3 aromatic rings. The van der Waals surface area contributed by atoms with E-state index in [-0.39, 0.29) is 17.6 Å². The Balaban J connectivity index is 1.20. The van der Waals surface area contributed by atoms with Crippen molar-refractivity contribution < 1.29 is 9.59 Å². The number of benzene rings is 2. The lowest BCUT2D eigenvalue weighted by atomic mass is 10.1. The van der Waals surface area contributed by atoms with Gasteiger partial charge in [0.1, 0.15) is 0 Å². The molecule has 1 saturated carbocycles. The van der Waals surface area contributed by atoms with Crippen LogP contribution >= 0.6 is 11.8 Å². The second-order valence-corrected chi connectivity index (χ2v) is 10.1. The summed E-state index contributed by atoms with van der Waals surface area (Å²) in [6.45, 7) is 4.48. The molecule has 1 saturated heterocycles. The standard InChI is InChI=1S/C26H30N6O2S/c1-18-8-10-19(11-9-18)16-27-24(34)21-6-2-3-7-22(21)28-23(33)17-35-26-30-29-25(31-14-4-5-15-31)32(26)20-12-13-20/h2-3,6-11,20H,4-5,12-17H2,1H3,(H,27,34)(H,28,33). The van der Waals surface area contributed by atoms with Crippen molar-refractivity contribution in [2.75, 3.05) is 29.1 Å². The molecule has 2 fully saturated rings. The van der Waals surface area contributed by atoms with E-state index in [0.29, 0.717) is 23.8 Å². The Morgan fingerprint density at radius 1 is 1.03 bits per heavy atom. The van der Waals surface area contributed by atoms with Gasteiger partial charge < -0.3 is 15.5 Å². The van der Waals surface area contributed by atoms with E-state index < -0.39 is 0 Å². The zero-order valence-corrected chi connectivity index (χ0v) is 20.7. The Bertz CT molecular complexity index is 1200. The fourth-order valence-corrected chi connectivity index (χ4v) is 5.04. The minimum atomic E-state index is -0.224. The number of thioether (sulfide) groups is 1. The number of aromatic nitrogens is 3. The molecule has 1 aromatic heterocycles. The van der Waals surface area contributed by atoms with Crippen molar-refractivity contribution in [3.8, 4) is 0 Å². The van der Waals surface area contributed by atoms with E-state index in [1.807, 2.05) is 37.3 Å². The molecule has 8 nitrogen and oxygen atoms in total. The van der Waals surface area contributed by atoms with Crippen LogP contribution in [-0.4, -0.2) is 45.4 Å². The summed E-state index contributed by atoms with van der Waals surface area (Å²) >= 11 is 1.40. The first-order chi connectivity index (χ1) is 17.1. The van der Waals surface area contributed by atoms with Crippen molar-refractivity contribution >= 4 is 35.2 Å². The molecule has 2 amide bonds. The molecule has 2 aromatic carbocycles. The third kappa shape index (κ3) is 5.67. The number of nitrogens with one attached hydrogen (secondary N) is 2. The number of para-hydroxylation sites is 1. The largest absolute Gasteiger partial charge is 0.348 e. The number of anilines is 2. The number of amides is 2. The fraction of sp³-hybridized carbons (Fsp3) is 0.385. The molecule has 0 unspecified atom stereocenters. The summed E-state index contributed by atoms with van der Waals surface area (Å²) in [6.07, 6.45) is 4.62. The van der Waals surface area contributed by atoms with E-state index in [9.17, 15) is 9.59 Å². The van der Waals surface area contributed by atoms with Crippen LogP contribution in [0, 0.1) is 6.92 Å². The Kier molecular flexibility index (Phi) is 7.03. The van der Waals surface area contributed by atoms with E-state index in [4.69, 9.17) is 0 Å². The van der Waals surface area contributed by atoms with Gasteiger partial charge in [-0.3, -0.25) is 14.2 Å². The van der Waals surface area contributed by atoms with Crippen LogP contribution in [0.5, 0.6) is 0 Å². The highest BCUT2D eigenvalue weighted by Gasteiger charge is 2.32. The van der Waals surface area contributed by atoms with Crippen molar-refractivity contribution in [3.63, 3.8) is 0 Å². The smallest absolute Gasteiger partial charge is 0.253 e. The van der Waals surface area contributed by atoms with Crippen molar-refractivity contribution in [1.29, 1.82) is 0 Å². The Morgan fingerprint density at radius 3 is 2.51 bits per heavy atom. The summed E-state index contributed by atoms with van der Waals surface area (Å²) in [4.78, 5) is 27.9. The number of hydrogen-bond donors (Lipinski definition) is 2. The minimum Gasteiger partial charge on any atom is -0.348 e. The van der Waals surface area contributed by atoms with Crippen LogP contribution in [0.25, 0.3) is 0 Å². The maximum Gasteiger partial charge on any atom is 0.253 e. The summed E-state index contributed by atoms with van der Waals surface area (Å²) in [6, 6.07) is 15.5. The van der Waals surface area contributed by atoms with Crippen LogP contribution in [0.15, 0.2) is 53.7 Å². The van der Waals surface area contributed by atoms with E-state index in [0.717, 1.165) is 42.6 Å². The van der Waals surface area contributed by atoms with E-state index in [1.54, 1.807) is 18.2 Å². The number of rotatable bonds is 9. The van der Waals surface area contributed by atoms with Gasteiger partial charge in [-0.1, -0.05) is 53.7 Å². The van der Waals surface area contributed by atoms with Gasteiger partial charge in [0.25, 0.3) is 5.91 Å². The van der Waals surface area contributed by atoms with Gasteiger partial charge in [-0.05, 0) is 50.3 Å². The molecule has 0 radical (unpaired) electrons. The van der Waals surface area contributed by atoms with Gasteiger partial charge in [-0.25, -0.2) is 0 Å². The van der Waals surface area contributed by atoms with Gasteiger partial charge >= 0.3 is 0 Å². The van der Waals surface area contributed by atoms with Crippen LogP contribution in [0.1, 0.15) is 53.2 Å². The first-order valence-corrected chi connectivity index (χ1v) is 13.1. The SMILES string of the molecule is Cc1ccc(CNC(=O)c2ccccc2NC(=O)CSc2nnc(N3CCCC3)n2C2CC2)cc1. The summed E-state index contributed by atoms with van der Waals surface area (Å²) < 4.78 is 2.20. The topological polar surface area (TPSA) is 92.2 Å². The van der Waals surface area contributed by atoms with E-state index >= 15 is 0 Å². The predicted octanol–water partition coefficient (Wildman–Crippen LogP) is 4.18. The van der Waals surface area contributed by atoms with E-state index in [2.05, 4.69) is 30.3 Å². The molecule has 182 valence electrons. The molecule has 0 atom stereocenters. The Morgan fingerprint density at radius 2 is 1.77 bits per heavy atom. The van der Waals surface area contributed by atoms with Crippen LogP contribution < -0.4 is 15.5 Å². The molecular weight excluding hydrogens is 460 g/mol. The zero-order valence-electron chi connectivity index (χ0n) is 19.9. The maximum atomic E-state index is 12.8. The number of hydrogen-bond acceptors (Lipinski definition) is 6. The highest BCUT2D eigenvalue weighted by molar-refractivity contribution is 7.99. The molecule has 35 heavy (non-hydrogen) atoms. The Labute approximate surface area is 209 Å². The van der Waals surface area contributed by atoms with Gasteiger partial charge in [0, 0.05) is 25.7 Å². The Hall–Kier alpha value is -3.33. The third-order valence-electron chi connectivity index (χ3n) is 6.30. The minimum absolute atomic E-state index is 0.179. The van der Waals surface area contributed by atoms with Gasteiger partial charge in [-0.15, -0.1) is 10.2 Å². The van der Waals surface area contributed by atoms with Gasteiger partial charge in [-0.2, -0.15) is 0 Å². The molecule has 2 heterocycles.